The van der Waals surface area contributed by atoms with Gasteiger partial charge in [0.15, 0.2) is 0 Å². The molecular weight excluding hydrogens is 362 g/mol. The molecule has 0 aliphatic carbocycles. The molecule has 1 aromatic carbocycles. The number of fused-ring (bicyclic) bond motifs is 1. The monoisotopic (exact) mass is 387 g/mol. The average Bonchev–Trinajstić information content (AvgIpc) is 2.98. The van der Waals surface area contributed by atoms with E-state index in [9.17, 15) is 14.4 Å². The van der Waals surface area contributed by atoms with Crippen LogP contribution in [0, 0.1) is 6.92 Å². The highest BCUT2D eigenvalue weighted by Crippen LogP contribution is 2.13. The van der Waals surface area contributed by atoms with Crippen molar-refractivity contribution < 1.29 is 14.3 Å². The molecule has 1 aromatic heterocycles. The van der Waals surface area contributed by atoms with Gasteiger partial charge in [-0.25, -0.2) is 9.48 Å². The number of aromatic nitrogens is 3. The zero-order valence-corrected chi connectivity index (χ0v) is 16.2. The van der Waals surface area contributed by atoms with Crippen molar-refractivity contribution in [2.45, 2.75) is 33.0 Å². The van der Waals surface area contributed by atoms with Crippen LogP contribution < -0.4 is 11.0 Å². The molecule has 2 amide bonds. The Hall–Kier alpha value is -2.94. The molecule has 150 valence electrons. The van der Waals surface area contributed by atoms with Gasteiger partial charge < -0.3 is 15.0 Å². The summed E-state index contributed by atoms with van der Waals surface area (Å²) in [7, 11) is 1.59. The Balaban J connectivity index is 1.67. The highest BCUT2D eigenvalue weighted by Gasteiger charge is 2.29. The molecular formula is C19H25N5O4. The molecule has 1 N–H and O–H groups in total. The van der Waals surface area contributed by atoms with Gasteiger partial charge in [0.25, 0.3) is 5.91 Å². The second kappa shape index (κ2) is 8.83. The number of benzene rings is 1. The standard InChI is InChI=1S/C19H25N5O4/c1-14-5-3-6-15(11-14)12-22-8-9-23-17(18(22)26)21-24(19(23)27)13-16(25)20-7-4-10-28-2/h3,5-6,11H,4,7-10,12-13H2,1-2H3,(H,20,25). The summed E-state index contributed by atoms with van der Waals surface area (Å²) in [5.74, 6) is -0.544. The Labute approximate surface area is 162 Å². The van der Waals surface area contributed by atoms with E-state index in [-0.39, 0.29) is 24.2 Å². The summed E-state index contributed by atoms with van der Waals surface area (Å²) in [4.78, 5) is 38.9. The van der Waals surface area contributed by atoms with Crippen molar-refractivity contribution >= 4 is 11.8 Å². The zero-order chi connectivity index (χ0) is 20.1. The first kappa shape index (κ1) is 19.8. The molecule has 0 unspecified atom stereocenters. The molecule has 3 rings (SSSR count). The Morgan fingerprint density at radius 3 is 2.86 bits per heavy atom. The molecule has 1 aliphatic heterocycles. The number of hydrogen-bond acceptors (Lipinski definition) is 5. The SMILES string of the molecule is COCCCNC(=O)Cn1nc2n(c1=O)CCN(Cc1cccc(C)c1)C2=O. The number of nitrogens with one attached hydrogen (secondary N) is 1. The first-order valence-corrected chi connectivity index (χ1v) is 9.27. The Kier molecular flexibility index (Phi) is 6.25. The minimum atomic E-state index is -0.439. The van der Waals surface area contributed by atoms with Gasteiger partial charge >= 0.3 is 5.69 Å². The number of hydrogen-bond donors (Lipinski definition) is 1. The van der Waals surface area contributed by atoms with Crippen LogP contribution in [-0.2, 0) is 29.2 Å². The summed E-state index contributed by atoms with van der Waals surface area (Å²) in [6.07, 6.45) is 0.684. The van der Waals surface area contributed by atoms with E-state index in [2.05, 4.69) is 10.4 Å². The zero-order valence-electron chi connectivity index (χ0n) is 16.2. The molecule has 2 aromatic rings. The number of ether oxygens (including phenoxy) is 1. The number of rotatable bonds is 8. The summed E-state index contributed by atoms with van der Waals surface area (Å²) in [6, 6.07) is 7.95. The smallest absolute Gasteiger partial charge is 0.346 e. The molecule has 0 radical (unpaired) electrons. The van der Waals surface area contributed by atoms with Crippen LogP contribution in [0.15, 0.2) is 29.1 Å². The molecule has 0 atom stereocenters. The van der Waals surface area contributed by atoms with Gasteiger partial charge in [0.1, 0.15) is 6.54 Å². The van der Waals surface area contributed by atoms with Gasteiger partial charge in [-0.1, -0.05) is 29.8 Å². The number of amides is 2. The Bertz CT molecular complexity index is 917. The average molecular weight is 387 g/mol. The lowest BCUT2D eigenvalue weighted by molar-refractivity contribution is -0.121. The lowest BCUT2D eigenvalue weighted by atomic mass is 10.1. The lowest BCUT2D eigenvalue weighted by Crippen LogP contribution is -2.42. The third kappa shape index (κ3) is 4.48. The normalized spacial score (nSPS) is 13.5. The van der Waals surface area contributed by atoms with Crippen LogP contribution in [-0.4, -0.2) is 57.9 Å². The molecule has 2 heterocycles. The molecule has 1 aliphatic rings. The molecule has 28 heavy (non-hydrogen) atoms. The van der Waals surface area contributed by atoms with Crippen molar-refractivity contribution in [1.29, 1.82) is 0 Å². The van der Waals surface area contributed by atoms with Gasteiger partial charge in [-0.05, 0) is 18.9 Å². The van der Waals surface area contributed by atoms with Gasteiger partial charge in [-0.3, -0.25) is 14.2 Å². The van der Waals surface area contributed by atoms with Crippen molar-refractivity contribution in [3.05, 3.63) is 51.7 Å². The van der Waals surface area contributed by atoms with Gasteiger partial charge in [-0.2, -0.15) is 0 Å². The molecule has 9 heteroatoms. The third-order valence-corrected chi connectivity index (χ3v) is 4.59. The fraction of sp³-hybridized carbons (Fsp3) is 0.474. The van der Waals surface area contributed by atoms with E-state index < -0.39 is 5.69 Å². The summed E-state index contributed by atoms with van der Waals surface area (Å²) in [5, 5.41) is 6.82. The number of aryl methyl sites for hydroxylation is 1. The van der Waals surface area contributed by atoms with E-state index in [0.717, 1.165) is 15.8 Å². The quantitative estimate of drug-likeness (QED) is 0.651. The lowest BCUT2D eigenvalue weighted by Gasteiger charge is -2.26. The predicted octanol–water partition coefficient (Wildman–Crippen LogP) is 0.162. The van der Waals surface area contributed by atoms with Crippen molar-refractivity contribution in [3.8, 4) is 0 Å². The second-order valence-electron chi connectivity index (χ2n) is 6.83. The highest BCUT2D eigenvalue weighted by molar-refractivity contribution is 5.91. The molecule has 9 nitrogen and oxygen atoms in total. The Morgan fingerprint density at radius 2 is 2.11 bits per heavy atom. The van der Waals surface area contributed by atoms with Crippen LogP contribution in [0.1, 0.15) is 28.2 Å². The van der Waals surface area contributed by atoms with Crippen molar-refractivity contribution in [3.63, 3.8) is 0 Å². The molecule has 0 saturated carbocycles. The highest BCUT2D eigenvalue weighted by atomic mass is 16.5. The van der Waals surface area contributed by atoms with Gasteiger partial charge in [0.2, 0.25) is 11.7 Å². The summed E-state index contributed by atoms with van der Waals surface area (Å²) < 4.78 is 7.31. The van der Waals surface area contributed by atoms with Gasteiger partial charge in [0.05, 0.1) is 0 Å². The number of methoxy groups -OCH3 is 1. The van der Waals surface area contributed by atoms with E-state index in [1.807, 2.05) is 31.2 Å². The second-order valence-corrected chi connectivity index (χ2v) is 6.83. The van der Waals surface area contributed by atoms with Gasteiger partial charge in [0, 0.05) is 39.9 Å². The van der Waals surface area contributed by atoms with E-state index in [0.29, 0.717) is 39.2 Å². The van der Waals surface area contributed by atoms with E-state index >= 15 is 0 Å². The first-order chi connectivity index (χ1) is 13.5. The molecule has 0 bridgehead atoms. The van der Waals surface area contributed by atoms with Crippen molar-refractivity contribution in [1.82, 2.24) is 24.6 Å². The number of nitrogens with zero attached hydrogens (tertiary/aromatic N) is 4. The largest absolute Gasteiger partial charge is 0.385 e. The van der Waals surface area contributed by atoms with Crippen LogP contribution in [0.5, 0.6) is 0 Å². The predicted molar refractivity (Wildman–Crippen MR) is 102 cm³/mol. The van der Waals surface area contributed by atoms with E-state index in [4.69, 9.17) is 4.74 Å². The van der Waals surface area contributed by atoms with Crippen LogP contribution in [0.25, 0.3) is 0 Å². The summed E-state index contributed by atoms with van der Waals surface area (Å²) in [5.41, 5.74) is 1.71. The van der Waals surface area contributed by atoms with E-state index in [1.165, 1.54) is 4.57 Å². The van der Waals surface area contributed by atoms with Crippen LogP contribution in [0.2, 0.25) is 0 Å². The number of carbonyl (C=O) groups excluding carboxylic acids is 2. The first-order valence-electron chi connectivity index (χ1n) is 9.27. The summed E-state index contributed by atoms with van der Waals surface area (Å²) >= 11 is 0. The Morgan fingerprint density at radius 1 is 1.29 bits per heavy atom. The maximum absolute atomic E-state index is 12.8. The maximum Gasteiger partial charge on any atom is 0.346 e. The molecule has 0 saturated heterocycles. The van der Waals surface area contributed by atoms with Crippen LogP contribution >= 0.6 is 0 Å². The van der Waals surface area contributed by atoms with Crippen molar-refractivity contribution in [2.75, 3.05) is 26.8 Å². The topological polar surface area (TPSA) is 98.5 Å². The third-order valence-electron chi connectivity index (χ3n) is 4.59. The minimum Gasteiger partial charge on any atom is -0.385 e. The van der Waals surface area contributed by atoms with Crippen LogP contribution in [0.3, 0.4) is 0 Å². The molecule has 0 fully saturated rings. The maximum atomic E-state index is 12.8. The summed E-state index contributed by atoms with van der Waals surface area (Å²) in [6.45, 7) is 4.04. The van der Waals surface area contributed by atoms with Gasteiger partial charge in [-0.15, -0.1) is 5.10 Å². The van der Waals surface area contributed by atoms with E-state index in [1.54, 1.807) is 12.0 Å². The van der Waals surface area contributed by atoms with Crippen molar-refractivity contribution in [2.24, 2.45) is 0 Å². The fourth-order valence-corrected chi connectivity index (χ4v) is 3.19. The fourth-order valence-electron chi connectivity index (χ4n) is 3.19. The van der Waals surface area contributed by atoms with Crippen LogP contribution in [0.4, 0.5) is 0 Å². The number of carbonyl (C=O) groups is 2. The minimum absolute atomic E-state index is 0.0797. The molecule has 0 spiro atoms.